The highest BCUT2D eigenvalue weighted by Crippen LogP contribution is 2.30. The van der Waals surface area contributed by atoms with Crippen LogP contribution in [0.4, 0.5) is 5.82 Å². The molecule has 0 amide bonds. The number of carbonyl (C=O) groups excluding carboxylic acids is 1. The number of hydrogen-bond acceptors (Lipinski definition) is 4. The van der Waals surface area contributed by atoms with Crippen LogP contribution in [0.3, 0.4) is 0 Å². The Morgan fingerprint density at radius 1 is 1.40 bits per heavy atom. The van der Waals surface area contributed by atoms with Crippen molar-refractivity contribution in [3.63, 3.8) is 0 Å². The quantitative estimate of drug-likeness (QED) is 0.701. The van der Waals surface area contributed by atoms with Crippen LogP contribution >= 0.6 is 24.0 Å². The summed E-state index contributed by atoms with van der Waals surface area (Å²) in [4.78, 5) is 15.6. The third-order valence-corrected chi connectivity index (χ3v) is 3.42. The van der Waals surface area contributed by atoms with Crippen LogP contribution in [0.5, 0.6) is 0 Å². The molecule has 1 aromatic carbocycles. The Morgan fingerprint density at radius 3 is 2.75 bits per heavy atom. The van der Waals surface area contributed by atoms with Crippen molar-refractivity contribution in [1.82, 2.24) is 14.8 Å². The number of halogens is 2. The van der Waals surface area contributed by atoms with Crippen molar-refractivity contribution in [2.45, 2.75) is 6.92 Å². The average Bonchev–Trinajstić information content (AvgIpc) is 2.65. The number of nitrogen functional groups attached to an aromatic ring is 1. The second-order valence-corrected chi connectivity index (χ2v) is 4.78. The Hall–Kier alpha value is -1.85. The van der Waals surface area contributed by atoms with E-state index in [1.165, 1.54) is 0 Å². The molecule has 0 unspecified atom stereocenters. The first-order chi connectivity index (χ1) is 8.99. The van der Waals surface area contributed by atoms with Gasteiger partial charge in [-0.25, -0.2) is 4.98 Å². The fourth-order valence-electron chi connectivity index (χ4n) is 2.40. The Kier molecular flexibility index (Phi) is 3.58. The average molecular weight is 311 g/mol. The minimum Gasteiger partial charge on any atom is -0.383 e. The van der Waals surface area contributed by atoms with E-state index in [1.54, 1.807) is 22.9 Å². The van der Waals surface area contributed by atoms with Gasteiger partial charge in [-0.1, -0.05) is 0 Å². The molecule has 20 heavy (non-hydrogen) atoms. The zero-order chi connectivity index (χ0) is 13.7. The highest BCUT2D eigenvalue weighted by Gasteiger charge is 2.15. The number of aromatic nitrogens is 3. The monoisotopic (exact) mass is 310 g/mol. The number of rotatable bonds is 1. The fraction of sp³-hybridized carbons (Fsp3) is 0.154. The molecule has 7 heteroatoms. The van der Waals surface area contributed by atoms with Gasteiger partial charge in [-0.15, -0.1) is 12.4 Å². The summed E-state index contributed by atoms with van der Waals surface area (Å²) < 4.78 is 1.74. The van der Waals surface area contributed by atoms with Crippen molar-refractivity contribution in [3.8, 4) is 0 Å². The van der Waals surface area contributed by atoms with Crippen molar-refractivity contribution in [2.24, 2.45) is 7.05 Å². The summed E-state index contributed by atoms with van der Waals surface area (Å²) in [6.45, 7) is 1.88. The summed E-state index contributed by atoms with van der Waals surface area (Å²) in [5, 5.41) is 5.49. The summed E-state index contributed by atoms with van der Waals surface area (Å²) in [5.74, 6) is 0.443. The molecule has 0 spiro atoms. The molecule has 0 saturated heterocycles. The van der Waals surface area contributed by atoms with E-state index in [2.05, 4.69) is 10.1 Å². The van der Waals surface area contributed by atoms with Gasteiger partial charge in [0.15, 0.2) is 0 Å². The van der Waals surface area contributed by atoms with Crippen LogP contribution in [0.1, 0.15) is 16.1 Å². The second kappa shape index (κ2) is 4.92. The highest BCUT2D eigenvalue weighted by molar-refractivity contribution is 6.67. The van der Waals surface area contributed by atoms with Gasteiger partial charge in [-0.3, -0.25) is 9.48 Å². The zero-order valence-corrected chi connectivity index (χ0v) is 12.4. The minimum atomic E-state index is -0.495. The Labute approximate surface area is 126 Å². The van der Waals surface area contributed by atoms with E-state index in [9.17, 15) is 4.79 Å². The maximum absolute atomic E-state index is 11.3. The summed E-state index contributed by atoms with van der Waals surface area (Å²) >= 11 is 5.52. The number of pyridine rings is 1. The smallest absolute Gasteiger partial charge is 0.252 e. The van der Waals surface area contributed by atoms with Crippen LogP contribution in [0.15, 0.2) is 18.2 Å². The number of carbonyl (C=O) groups is 1. The lowest BCUT2D eigenvalue weighted by Crippen LogP contribution is -1.97. The van der Waals surface area contributed by atoms with E-state index in [1.807, 2.05) is 14.0 Å². The van der Waals surface area contributed by atoms with Crippen molar-refractivity contribution in [2.75, 3.05) is 5.73 Å². The number of aryl methyl sites for hydroxylation is 2. The van der Waals surface area contributed by atoms with Crippen LogP contribution in [0.2, 0.25) is 0 Å². The van der Waals surface area contributed by atoms with Gasteiger partial charge in [-0.05, 0) is 36.7 Å². The van der Waals surface area contributed by atoms with Gasteiger partial charge >= 0.3 is 0 Å². The fourth-order valence-corrected chi connectivity index (χ4v) is 2.52. The lowest BCUT2D eigenvalue weighted by atomic mass is 10.1. The van der Waals surface area contributed by atoms with Crippen LogP contribution in [-0.4, -0.2) is 20.0 Å². The zero-order valence-electron chi connectivity index (χ0n) is 10.8. The van der Waals surface area contributed by atoms with E-state index in [4.69, 9.17) is 17.3 Å². The third-order valence-electron chi connectivity index (χ3n) is 3.20. The van der Waals surface area contributed by atoms with Crippen molar-refractivity contribution in [3.05, 3.63) is 29.5 Å². The molecule has 2 N–H and O–H groups in total. The molecule has 104 valence electrons. The normalized spacial score (nSPS) is 10.8. The number of nitrogens with zero attached hydrogens (tertiary/aromatic N) is 3. The summed E-state index contributed by atoms with van der Waals surface area (Å²) in [6.07, 6.45) is 0. The lowest BCUT2D eigenvalue weighted by molar-refractivity contribution is 0.108. The molecule has 0 atom stereocenters. The Balaban J connectivity index is 0.00000147. The van der Waals surface area contributed by atoms with Gasteiger partial charge in [0.25, 0.3) is 5.24 Å². The molecule has 0 aliphatic carbocycles. The first kappa shape index (κ1) is 14.6. The van der Waals surface area contributed by atoms with E-state index in [-0.39, 0.29) is 12.4 Å². The summed E-state index contributed by atoms with van der Waals surface area (Å²) in [7, 11) is 1.84. The van der Waals surface area contributed by atoms with Gasteiger partial charge in [0.2, 0.25) is 0 Å². The standard InChI is InChI=1S/C13H11ClN4O.ClH/c1-6-10-11(18(2)17-6)8-5-7(12(14)19)3-4-9(8)16-13(10)15;/h3-5H,1-2H3,(H2,15,16);1H. The van der Waals surface area contributed by atoms with E-state index < -0.39 is 5.24 Å². The van der Waals surface area contributed by atoms with Gasteiger partial charge in [-0.2, -0.15) is 5.10 Å². The van der Waals surface area contributed by atoms with Crippen LogP contribution in [-0.2, 0) is 7.05 Å². The first-order valence-corrected chi connectivity index (χ1v) is 6.09. The van der Waals surface area contributed by atoms with E-state index in [0.29, 0.717) is 11.4 Å². The number of nitrogens with two attached hydrogens (primary N) is 1. The molecule has 0 saturated carbocycles. The molecule has 0 aliphatic heterocycles. The van der Waals surface area contributed by atoms with Gasteiger partial charge in [0, 0.05) is 18.0 Å². The van der Waals surface area contributed by atoms with Crippen LogP contribution < -0.4 is 5.73 Å². The SMILES string of the molecule is Cc1nn(C)c2c1c(N)nc1ccc(C(=O)Cl)cc12.Cl. The molecule has 5 nitrogen and oxygen atoms in total. The topological polar surface area (TPSA) is 73.8 Å². The third kappa shape index (κ3) is 1.99. The minimum absolute atomic E-state index is 0. The first-order valence-electron chi connectivity index (χ1n) is 5.71. The maximum atomic E-state index is 11.3. The van der Waals surface area contributed by atoms with Gasteiger partial charge in [0.05, 0.1) is 22.1 Å². The molecule has 0 bridgehead atoms. The number of hydrogen-bond donors (Lipinski definition) is 1. The molecule has 0 fully saturated rings. The van der Waals surface area contributed by atoms with Crippen molar-refractivity contribution < 1.29 is 4.79 Å². The van der Waals surface area contributed by atoms with Gasteiger partial charge < -0.3 is 5.73 Å². The molecule has 3 aromatic rings. The molecule has 2 heterocycles. The largest absolute Gasteiger partial charge is 0.383 e. The molecule has 3 rings (SSSR count). The van der Waals surface area contributed by atoms with Crippen molar-refractivity contribution in [1.29, 1.82) is 0 Å². The Morgan fingerprint density at radius 2 is 2.10 bits per heavy atom. The van der Waals surface area contributed by atoms with Crippen molar-refractivity contribution >= 4 is 56.9 Å². The summed E-state index contributed by atoms with van der Waals surface area (Å²) in [6, 6.07) is 5.10. The highest BCUT2D eigenvalue weighted by atomic mass is 35.5. The second-order valence-electron chi connectivity index (χ2n) is 4.44. The number of benzene rings is 1. The molecule has 0 aliphatic rings. The predicted octanol–water partition coefficient (Wildman–Crippen LogP) is 2.81. The lowest BCUT2D eigenvalue weighted by Gasteiger charge is -2.05. The van der Waals surface area contributed by atoms with Crippen LogP contribution in [0, 0.1) is 6.92 Å². The van der Waals surface area contributed by atoms with Gasteiger partial charge in [0.1, 0.15) is 5.82 Å². The number of anilines is 1. The van der Waals surface area contributed by atoms with E-state index >= 15 is 0 Å². The van der Waals surface area contributed by atoms with Crippen LogP contribution in [0.25, 0.3) is 21.8 Å². The summed E-state index contributed by atoms with van der Waals surface area (Å²) in [5.41, 5.74) is 8.80. The van der Waals surface area contributed by atoms with E-state index in [0.717, 1.165) is 27.5 Å². The predicted molar refractivity (Wildman–Crippen MR) is 82.6 cm³/mol. The molecule has 2 aromatic heterocycles. The number of fused-ring (bicyclic) bond motifs is 3. The maximum Gasteiger partial charge on any atom is 0.252 e. The Bertz CT molecular complexity index is 841. The molecular weight excluding hydrogens is 299 g/mol. The molecular formula is C13H12Cl2N4O. The molecule has 0 radical (unpaired) electrons.